The Morgan fingerprint density at radius 2 is 2.16 bits per heavy atom. The predicted octanol–water partition coefficient (Wildman–Crippen LogP) is 1.06. The summed E-state index contributed by atoms with van der Waals surface area (Å²) in [6.07, 6.45) is 1.65. The molecule has 0 aliphatic carbocycles. The van der Waals surface area contributed by atoms with Gasteiger partial charge in [-0.05, 0) is 6.07 Å². The van der Waals surface area contributed by atoms with Gasteiger partial charge in [-0.2, -0.15) is 0 Å². The minimum absolute atomic E-state index is 0.175. The van der Waals surface area contributed by atoms with Gasteiger partial charge in [0.25, 0.3) is 0 Å². The van der Waals surface area contributed by atoms with Crippen molar-refractivity contribution in [3.8, 4) is 0 Å². The van der Waals surface area contributed by atoms with Gasteiger partial charge >= 0.3 is 0 Å². The SMILES string of the molecule is O=C(NCc1coc2ccccc12)C1(CO)COC1. The van der Waals surface area contributed by atoms with Crippen LogP contribution in [0.5, 0.6) is 0 Å². The topological polar surface area (TPSA) is 71.7 Å². The molecule has 1 aromatic heterocycles. The monoisotopic (exact) mass is 261 g/mol. The minimum atomic E-state index is -0.764. The largest absolute Gasteiger partial charge is 0.464 e. The average Bonchev–Trinajstić information content (AvgIpc) is 2.79. The van der Waals surface area contributed by atoms with Gasteiger partial charge in [-0.15, -0.1) is 0 Å². The first kappa shape index (κ1) is 12.2. The lowest BCUT2D eigenvalue weighted by Crippen LogP contribution is -2.56. The normalized spacial score (nSPS) is 17.1. The lowest BCUT2D eigenvalue weighted by molar-refractivity contribution is -0.170. The number of furan rings is 1. The highest BCUT2D eigenvalue weighted by Crippen LogP contribution is 2.27. The lowest BCUT2D eigenvalue weighted by Gasteiger charge is -2.37. The highest BCUT2D eigenvalue weighted by Gasteiger charge is 2.45. The van der Waals surface area contributed by atoms with Gasteiger partial charge in [0, 0.05) is 17.5 Å². The van der Waals surface area contributed by atoms with E-state index in [2.05, 4.69) is 5.32 Å². The van der Waals surface area contributed by atoms with Crippen molar-refractivity contribution in [2.24, 2.45) is 5.41 Å². The van der Waals surface area contributed by atoms with Crippen LogP contribution in [0.25, 0.3) is 11.0 Å². The summed E-state index contributed by atoms with van der Waals surface area (Å²) < 4.78 is 10.4. The maximum absolute atomic E-state index is 12.0. The van der Waals surface area contributed by atoms with Gasteiger partial charge in [-0.25, -0.2) is 0 Å². The van der Waals surface area contributed by atoms with Gasteiger partial charge in [0.05, 0.1) is 26.1 Å². The Hall–Kier alpha value is -1.85. The van der Waals surface area contributed by atoms with Crippen LogP contribution >= 0.6 is 0 Å². The number of fused-ring (bicyclic) bond motifs is 1. The Morgan fingerprint density at radius 1 is 1.37 bits per heavy atom. The van der Waals surface area contributed by atoms with Crippen LogP contribution in [0.15, 0.2) is 34.9 Å². The van der Waals surface area contributed by atoms with Crippen molar-refractivity contribution in [2.45, 2.75) is 6.54 Å². The maximum atomic E-state index is 12.0. The molecule has 0 spiro atoms. The van der Waals surface area contributed by atoms with Gasteiger partial charge in [-0.1, -0.05) is 18.2 Å². The number of rotatable bonds is 4. The molecule has 1 aliphatic heterocycles. The van der Waals surface area contributed by atoms with E-state index in [-0.39, 0.29) is 25.7 Å². The molecule has 3 rings (SSSR count). The number of hydrogen-bond acceptors (Lipinski definition) is 4. The second kappa shape index (κ2) is 4.68. The van der Waals surface area contributed by atoms with Crippen molar-refractivity contribution in [1.29, 1.82) is 0 Å². The van der Waals surface area contributed by atoms with Crippen LogP contribution in [0.1, 0.15) is 5.56 Å². The molecule has 0 saturated carbocycles. The van der Waals surface area contributed by atoms with Crippen LogP contribution in [-0.2, 0) is 16.1 Å². The van der Waals surface area contributed by atoms with Crippen molar-refractivity contribution >= 4 is 16.9 Å². The summed E-state index contributed by atoms with van der Waals surface area (Å²) in [7, 11) is 0. The number of hydrogen-bond donors (Lipinski definition) is 2. The van der Waals surface area contributed by atoms with Crippen LogP contribution in [-0.4, -0.2) is 30.8 Å². The molecule has 5 nitrogen and oxygen atoms in total. The fraction of sp³-hybridized carbons (Fsp3) is 0.357. The van der Waals surface area contributed by atoms with E-state index in [0.717, 1.165) is 16.5 Å². The molecular formula is C14H15NO4. The number of amides is 1. The molecule has 1 fully saturated rings. The van der Waals surface area contributed by atoms with E-state index in [1.165, 1.54) is 0 Å². The van der Waals surface area contributed by atoms with Crippen molar-refractivity contribution in [1.82, 2.24) is 5.32 Å². The van der Waals surface area contributed by atoms with Crippen molar-refractivity contribution in [3.05, 3.63) is 36.1 Å². The third kappa shape index (κ3) is 2.01. The summed E-state index contributed by atoms with van der Waals surface area (Å²) in [6, 6.07) is 7.67. The average molecular weight is 261 g/mol. The molecule has 5 heteroatoms. The Balaban J connectivity index is 1.71. The number of aliphatic hydroxyl groups is 1. The molecule has 0 bridgehead atoms. The first-order valence-electron chi connectivity index (χ1n) is 6.17. The number of aliphatic hydroxyl groups excluding tert-OH is 1. The molecule has 0 radical (unpaired) electrons. The Morgan fingerprint density at radius 3 is 2.84 bits per heavy atom. The second-order valence-corrected chi connectivity index (χ2v) is 4.87. The molecule has 0 unspecified atom stereocenters. The number of para-hydroxylation sites is 1. The predicted molar refractivity (Wildman–Crippen MR) is 68.4 cm³/mol. The van der Waals surface area contributed by atoms with E-state index in [1.54, 1.807) is 6.26 Å². The van der Waals surface area contributed by atoms with Crippen LogP contribution in [0.3, 0.4) is 0 Å². The van der Waals surface area contributed by atoms with Crippen LogP contribution in [0.4, 0.5) is 0 Å². The molecule has 2 heterocycles. The first-order chi connectivity index (χ1) is 9.25. The number of ether oxygens (including phenoxy) is 1. The minimum Gasteiger partial charge on any atom is -0.464 e. The highest BCUT2D eigenvalue weighted by molar-refractivity contribution is 5.85. The molecule has 1 aliphatic rings. The Bertz CT molecular complexity index is 595. The second-order valence-electron chi connectivity index (χ2n) is 4.87. The summed E-state index contributed by atoms with van der Waals surface area (Å²) in [4.78, 5) is 12.0. The van der Waals surface area contributed by atoms with Gasteiger partial charge in [0.2, 0.25) is 5.91 Å². The number of nitrogens with one attached hydrogen (secondary N) is 1. The molecule has 2 aromatic rings. The third-order valence-corrected chi connectivity index (χ3v) is 3.54. The fourth-order valence-electron chi connectivity index (χ4n) is 2.18. The Kier molecular flexibility index (Phi) is 3.00. The van der Waals surface area contributed by atoms with E-state index >= 15 is 0 Å². The molecule has 100 valence electrons. The molecule has 1 aromatic carbocycles. The Labute approximate surface area is 110 Å². The molecule has 1 amide bonds. The summed E-state index contributed by atoms with van der Waals surface area (Å²) in [5.41, 5.74) is 0.965. The highest BCUT2D eigenvalue weighted by atomic mass is 16.5. The number of benzene rings is 1. The first-order valence-corrected chi connectivity index (χ1v) is 6.17. The number of carbonyl (C=O) groups is 1. The summed E-state index contributed by atoms with van der Waals surface area (Å²) in [5.74, 6) is -0.175. The smallest absolute Gasteiger partial charge is 0.233 e. The van der Waals surface area contributed by atoms with Gasteiger partial charge in [0.15, 0.2) is 0 Å². The molecule has 0 atom stereocenters. The standard InChI is InChI=1S/C14H15NO4/c16-7-14(8-18-9-14)13(17)15-5-10-6-19-12-4-2-1-3-11(10)12/h1-4,6,16H,5,7-9H2,(H,15,17). The molecule has 2 N–H and O–H groups in total. The van der Waals surface area contributed by atoms with E-state index < -0.39 is 5.41 Å². The zero-order valence-corrected chi connectivity index (χ0v) is 10.4. The van der Waals surface area contributed by atoms with Crippen molar-refractivity contribution in [2.75, 3.05) is 19.8 Å². The van der Waals surface area contributed by atoms with E-state index in [0.29, 0.717) is 6.54 Å². The number of carbonyl (C=O) groups excluding carboxylic acids is 1. The van der Waals surface area contributed by atoms with E-state index in [1.807, 2.05) is 24.3 Å². The summed E-state index contributed by atoms with van der Waals surface area (Å²) in [5, 5.41) is 13.1. The van der Waals surface area contributed by atoms with E-state index in [4.69, 9.17) is 9.15 Å². The third-order valence-electron chi connectivity index (χ3n) is 3.54. The van der Waals surface area contributed by atoms with Gasteiger partial charge in [0.1, 0.15) is 11.0 Å². The fourth-order valence-corrected chi connectivity index (χ4v) is 2.18. The van der Waals surface area contributed by atoms with Crippen LogP contribution in [0, 0.1) is 5.41 Å². The molecule has 1 saturated heterocycles. The summed E-state index contributed by atoms with van der Waals surface area (Å²) in [6.45, 7) is 0.755. The zero-order chi connectivity index (χ0) is 13.3. The quantitative estimate of drug-likeness (QED) is 0.863. The molecular weight excluding hydrogens is 246 g/mol. The van der Waals surface area contributed by atoms with Crippen LogP contribution in [0.2, 0.25) is 0 Å². The maximum Gasteiger partial charge on any atom is 0.233 e. The lowest BCUT2D eigenvalue weighted by atomic mass is 9.86. The van der Waals surface area contributed by atoms with E-state index in [9.17, 15) is 9.90 Å². The summed E-state index contributed by atoms with van der Waals surface area (Å²) >= 11 is 0. The van der Waals surface area contributed by atoms with Crippen molar-refractivity contribution < 1.29 is 19.1 Å². The molecule has 19 heavy (non-hydrogen) atoms. The van der Waals surface area contributed by atoms with Crippen molar-refractivity contribution in [3.63, 3.8) is 0 Å². The van der Waals surface area contributed by atoms with Gasteiger partial charge in [-0.3, -0.25) is 4.79 Å². The van der Waals surface area contributed by atoms with Crippen LogP contribution < -0.4 is 5.32 Å². The van der Waals surface area contributed by atoms with Gasteiger partial charge < -0.3 is 19.6 Å². The zero-order valence-electron chi connectivity index (χ0n) is 10.4.